The third kappa shape index (κ3) is 2.36. The summed E-state index contributed by atoms with van der Waals surface area (Å²) in [6, 6.07) is 12.9. The lowest BCUT2D eigenvalue weighted by Crippen LogP contribution is -2.26. The number of fused-ring (bicyclic) bond motifs is 2. The molecular formula is C20H19N5. The average molecular weight is 329 g/mol. The molecule has 0 bridgehead atoms. The van der Waals surface area contributed by atoms with Crippen LogP contribution in [-0.2, 0) is 0 Å². The first-order chi connectivity index (χ1) is 12.3. The molecule has 1 aliphatic heterocycles. The summed E-state index contributed by atoms with van der Waals surface area (Å²) in [5, 5.41) is 2.31. The topological polar surface area (TPSA) is 70.8 Å². The molecule has 1 aromatic carbocycles. The molecule has 4 heterocycles. The molecule has 25 heavy (non-hydrogen) atoms. The van der Waals surface area contributed by atoms with E-state index in [1.54, 1.807) is 0 Å². The van der Waals surface area contributed by atoms with Gasteiger partial charge in [0, 0.05) is 59.7 Å². The number of nitrogens with two attached hydrogens (primary N) is 1. The molecule has 124 valence electrons. The van der Waals surface area contributed by atoms with Gasteiger partial charge in [0.15, 0.2) is 0 Å². The Morgan fingerprint density at radius 3 is 2.92 bits per heavy atom. The summed E-state index contributed by atoms with van der Waals surface area (Å²) in [6.45, 7) is 1.90. The van der Waals surface area contributed by atoms with E-state index in [9.17, 15) is 0 Å². The molecule has 5 nitrogen and oxygen atoms in total. The van der Waals surface area contributed by atoms with E-state index in [0.717, 1.165) is 41.6 Å². The molecule has 3 N–H and O–H groups in total. The zero-order valence-electron chi connectivity index (χ0n) is 13.8. The molecular weight excluding hydrogens is 310 g/mol. The van der Waals surface area contributed by atoms with Crippen LogP contribution in [0.15, 0.2) is 55.0 Å². The Morgan fingerprint density at radius 1 is 1.08 bits per heavy atom. The summed E-state index contributed by atoms with van der Waals surface area (Å²) in [6.07, 6.45) is 6.76. The van der Waals surface area contributed by atoms with Crippen LogP contribution in [-0.4, -0.2) is 34.1 Å². The number of rotatable bonds is 2. The number of hydrogen-bond donors (Lipinski definition) is 2. The number of pyridine rings is 2. The Morgan fingerprint density at radius 2 is 2.04 bits per heavy atom. The standard InChI is InChI=1S/C20H19N5/c21-14-6-9-25(12-14)19-5-8-22-18-4-3-13(10-16(18)19)17-11-24-20-15(17)2-1-7-23-20/h1-5,7-8,10-11,14H,6,9,12,21H2,(H,23,24). The minimum Gasteiger partial charge on any atom is -0.369 e. The number of nitrogens with one attached hydrogen (secondary N) is 1. The summed E-state index contributed by atoms with van der Waals surface area (Å²) in [5.74, 6) is 0. The summed E-state index contributed by atoms with van der Waals surface area (Å²) < 4.78 is 0. The van der Waals surface area contributed by atoms with Crippen molar-refractivity contribution in [2.24, 2.45) is 5.73 Å². The number of anilines is 1. The van der Waals surface area contributed by atoms with Crippen LogP contribution in [0, 0.1) is 0 Å². The molecule has 1 fully saturated rings. The smallest absolute Gasteiger partial charge is 0.137 e. The SMILES string of the molecule is NC1CCN(c2ccnc3ccc(-c4c[nH]c5ncccc45)cc23)C1. The van der Waals surface area contributed by atoms with Gasteiger partial charge >= 0.3 is 0 Å². The van der Waals surface area contributed by atoms with Gasteiger partial charge in [-0.1, -0.05) is 6.07 Å². The fraction of sp³-hybridized carbons (Fsp3) is 0.200. The van der Waals surface area contributed by atoms with Gasteiger partial charge in [0.05, 0.1) is 5.52 Å². The lowest BCUT2D eigenvalue weighted by Gasteiger charge is -2.20. The first-order valence-corrected chi connectivity index (χ1v) is 8.61. The highest BCUT2D eigenvalue weighted by atomic mass is 15.2. The number of benzene rings is 1. The highest BCUT2D eigenvalue weighted by Crippen LogP contribution is 2.34. The van der Waals surface area contributed by atoms with Crippen molar-refractivity contribution in [1.82, 2.24) is 15.0 Å². The minimum absolute atomic E-state index is 0.256. The van der Waals surface area contributed by atoms with Crippen LogP contribution in [0.2, 0.25) is 0 Å². The first-order valence-electron chi connectivity index (χ1n) is 8.61. The monoisotopic (exact) mass is 329 g/mol. The Labute approximate surface area is 145 Å². The second-order valence-corrected chi connectivity index (χ2v) is 6.66. The van der Waals surface area contributed by atoms with E-state index >= 15 is 0 Å². The number of aromatic nitrogens is 3. The van der Waals surface area contributed by atoms with Crippen molar-refractivity contribution in [2.75, 3.05) is 18.0 Å². The van der Waals surface area contributed by atoms with Crippen LogP contribution in [0.4, 0.5) is 5.69 Å². The molecule has 1 saturated heterocycles. The van der Waals surface area contributed by atoms with Crippen LogP contribution in [0.3, 0.4) is 0 Å². The molecule has 4 aromatic rings. The van der Waals surface area contributed by atoms with E-state index < -0.39 is 0 Å². The maximum atomic E-state index is 6.11. The molecule has 1 unspecified atom stereocenters. The Bertz CT molecular complexity index is 1070. The van der Waals surface area contributed by atoms with Crippen LogP contribution in [0.5, 0.6) is 0 Å². The molecule has 1 atom stereocenters. The third-order valence-corrected chi connectivity index (χ3v) is 5.05. The van der Waals surface area contributed by atoms with Crippen molar-refractivity contribution in [1.29, 1.82) is 0 Å². The number of nitrogens with zero attached hydrogens (tertiary/aromatic N) is 3. The predicted octanol–water partition coefficient (Wildman–Crippen LogP) is 3.32. The van der Waals surface area contributed by atoms with Crippen LogP contribution >= 0.6 is 0 Å². The Hall–Kier alpha value is -2.92. The van der Waals surface area contributed by atoms with Gasteiger partial charge in [0.25, 0.3) is 0 Å². The van der Waals surface area contributed by atoms with Gasteiger partial charge in [-0.3, -0.25) is 4.98 Å². The van der Waals surface area contributed by atoms with Gasteiger partial charge in [-0.2, -0.15) is 0 Å². The highest BCUT2D eigenvalue weighted by molar-refractivity contribution is 5.99. The van der Waals surface area contributed by atoms with Crippen molar-refractivity contribution in [2.45, 2.75) is 12.5 Å². The summed E-state index contributed by atoms with van der Waals surface area (Å²) in [4.78, 5) is 14.6. The largest absolute Gasteiger partial charge is 0.369 e. The molecule has 0 radical (unpaired) electrons. The molecule has 1 aliphatic rings. The van der Waals surface area contributed by atoms with E-state index in [4.69, 9.17) is 5.73 Å². The van der Waals surface area contributed by atoms with E-state index in [1.807, 2.05) is 24.7 Å². The van der Waals surface area contributed by atoms with Gasteiger partial charge in [0.2, 0.25) is 0 Å². The van der Waals surface area contributed by atoms with Gasteiger partial charge in [0.1, 0.15) is 5.65 Å². The second kappa shape index (κ2) is 5.57. The fourth-order valence-electron chi connectivity index (χ4n) is 3.78. The summed E-state index contributed by atoms with van der Waals surface area (Å²) in [5.41, 5.74) is 11.6. The molecule has 5 rings (SSSR count). The number of hydrogen-bond acceptors (Lipinski definition) is 4. The van der Waals surface area contributed by atoms with E-state index in [-0.39, 0.29) is 6.04 Å². The Balaban J connectivity index is 1.68. The fourth-order valence-corrected chi connectivity index (χ4v) is 3.78. The summed E-state index contributed by atoms with van der Waals surface area (Å²) in [7, 11) is 0. The third-order valence-electron chi connectivity index (χ3n) is 5.05. The number of H-pyrrole nitrogens is 1. The van der Waals surface area contributed by atoms with Crippen LogP contribution < -0.4 is 10.6 Å². The van der Waals surface area contributed by atoms with Gasteiger partial charge in [-0.15, -0.1) is 0 Å². The first kappa shape index (κ1) is 14.4. The van der Waals surface area contributed by atoms with Crippen molar-refractivity contribution in [3.8, 4) is 11.1 Å². The maximum absolute atomic E-state index is 6.11. The molecule has 0 saturated carbocycles. The minimum atomic E-state index is 0.256. The van der Waals surface area contributed by atoms with E-state index in [1.165, 1.54) is 16.6 Å². The number of aromatic amines is 1. The lowest BCUT2D eigenvalue weighted by molar-refractivity contribution is 0.752. The Kier molecular flexibility index (Phi) is 3.21. The predicted molar refractivity (Wildman–Crippen MR) is 102 cm³/mol. The normalized spacial score (nSPS) is 17.6. The summed E-state index contributed by atoms with van der Waals surface area (Å²) >= 11 is 0. The van der Waals surface area contributed by atoms with Crippen LogP contribution in [0.25, 0.3) is 33.1 Å². The molecule has 0 aliphatic carbocycles. The molecule has 0 spiro atoms. The van der Waals surface area contributed by atoms with Crippen molar-refractivity contribution in [3.63, 3.8) is 0 Å². The average Bonchev–Trinajstić information content (AvgIpc) is 3.27. The lowest BCUT2D eigenvalue weighted by atomic mass is 10.0. The molecule has 3 aromatic heterocycles. The highest BCUT2D eigenvalue weighted by Gasteiger charge is 2.21. The van der Waals surface area contributed by atoms with Crippen molar-refractivity contribution < 1.29 is 0 Å². The maximum Gasteiger partial charge on any atom is 0.137 e. The van der Waals surface area contributed by atoms with E-state index in [0.29, 0.717) is 0 Å². The van der Waals surface area contributed by atoms with Crippen molar-refractivity contribution in [3.05, 3.63) is 55.0 Å². The van der Waals surface area contributed by atoms with E-state index in [2.05, 4.69) is 50.2 Å². The quantitative estimate of drug-likeness (QED) is 0.592. The zero-order valence-corrected chi connectivity index (χ0v) is 13.8. The van der Waals surface area contributed by atoms with Crippen molar-refractivity contribution >= 4 is 27.6 Å². The second-order valence-electron chi connectivity index (χ2n) is 6.66. The van der Waals surface area contributed by atoms with Gasteiger partial charge in [-0.25, -0.2) is 4.98 Å². The van der Waals surface area contributed by atoms with Gasteiger partial charge < -0.3 is 15.6 Å². The van der Waals surface area contributed by atoms with Crippen LogP contribution in [0.1, 0.15) is 6.42 Å². The molecule has 0 amide bonds. The van der Waals surface area contributed by atoms with Gasteiger partial charge in [-0.05, 0) is 42.3 Å². The zero-order chi connectivity index (χ0) is 16.8. The molecule has 5 heteroatoms.